The third kappa shape index (κ3) is 9.84. The van der Waals surface area contributed by atoms with Crippen LogP contribution in [0.1, 0.15) is 37.5 Å². The van der Waals surface area contributed by atoms with E-state index in [1.807, 2.05) is 54.6 Å². The van der Waals surface area contributed by atoms with Gasteiger partial charge in [0, 0.05) is 12.0 Å². The molecule has 170 valence electrons. The number of ether oxygens (including phenoxy) is 2. The standard InChI is InChI=1S/C26H33NO4Si/c1-26(2,3)31-25(29)27-23(24(28)30-19-22-10-8-7-9-11-22)18-21-14-12-20(13-15-21)16-17-32(4,5)6/h7-15,23H,18-19H2,1-6H3,(H,27,29)/t23-/m1/s1. The van der Waals surface area contributed by atoms with Crippen LogP contribution < -0.4 is 5.32 Å². The molecule has 0 aliphatic heterocycles. The molecular formula is C26H33NO4Si. The number of hydrogen-bond acceptors (Lipinski definition) is 4. The second-order valence-corrected chi connectivity index (χ2v) is 14.4. The molecule has 32 heavy (non-hydrogen) atoms. The Hall–Kier alpha value is -3.04. The van der Waals surface area contributed by atoms with Crippen molar-refractivity contribution in [2.24, 2.45) is 0 Å². The fourth-order valence-electron chi connectivity index (χ4n) is 2.69. The zero-order valence-corrected chi connectivity index (χ0v) is 20.8. The van der Waals surface area contributed by atoms with E-state index in [0.717, 1.165) is 16.7 Å². The summed E-state index contributed by atoms with van der Waals surface area (Å²) in [6.07, 6.45) is -0.369. The highest BCUT2D eigenvalue weighted by atomic mass is 28.3. The van der Waals surface area contributed by atoms with Gasteiger partial charge in [0.1, 0.15) is 26.3 Å². The second-order valence-electron chi connectivity index (χ2n) is 9.69. The van der Waals surface area contributed by atoms with E-state index in [4.69, 9.17) is 9.47 Å². The zero-order valence-electron chi connectivity index (χ0n) is 19.8. The van der Waals surface area contributed by atoms with Gasteiger partial charge in [-0.15, -0.1) is 5.54 Å². The molecule has 2 aromatic rings. The average Bonchev–Trinajstić information content (AvgIpc) is 2.70. The third-order valence-electron chi connectivity index (χ3n) is 4.18. The summed E-state index contributed by atoms with van der Waals surface area (Å²) in [6, 6.07) is 16.3. The van der Waals surface area contributed by atoms with Gasteiger partial charge >= 0.3 is 12.1 Å². The van der Waals surface area contributed by atoms with Gasteiger partial charge in [-0.2, -0.15) is 0 Å². The van der Waals surface area contributed by atoms with Crippen molar-refractivity contribution in [2.45, 2.75) is 65.1 Å². The maximum Gasteiger partial charge on any atom is 0.408 e. The van der Waals surface area contributed by atoms with Crippen molar-refractivity contribution in [2.75, 3.05) is 0 Å². The van der Waals surface area contributed by atoms with Crippen LogP contribution in [0, 0.1) is 11.5 Å². The molecule has 1 N–H and O–H groups in total. The first-order valence-corrected chi connectivity index (χ1v) is 14.2. The van der Waals surface area contributed by atoms with Crippen LogP contribution in [0.5, 0.6) is 0 Å². The Labute approximate surface area is 192 Å². The summed E-state index contributed by atoms with van der Waals surface area (Å²) < 4.78 is 10.8. The molecule has 0 radical (unpaired) electrons. The first-order valence-electron chi connectivity index (χ1n) is 10.7. The average molecular weight is 452 g/mol. The first kappa shape index (κ1) is 25.2. The van der Waals surface area contributed by atoms with E-state index in [-0.39, 0.29) is 13.0 Å². The fourth-order valence-corrected chi connectivity index (χ4v) is 3.21. The van der Waals surface area contributed by atoms with Crippen molar-refractivity contribution in [3.05, 3.63) is 71.3 Å². The van der Waals surface area contributed by atoms with Crippen LogP contribution in [0.25, 0.3) is 0 Å². The van der Waals surface area contributed by atoms with E-state index in [9.17, 15) is 9.59 Å². The summed E-state index contributed by atoms with van der Waals surface area (Å²) >= 11 is 0. The summed E-state index contributed by atoms with van der Waals surface area (Å²) in [5.74, 6) is 2.70. The maximum atomic E-state index is 12.8. The van der Waals surface area contributed by atoms with Gasteiger partial charge in [0.15, 0.2) is 0 Å². The first-order chi connectivity index (χ1) is 14.9. The van der Waals surface area contributed by atoms with Gasteiger partial charge in [0.2, 0.25) is 0 Å². The minimum absolute atomic E-state index is 0.136. The topological polar surface area (TPSA) is 64.6 Å². The smallest absolute Gasteiger partial charge is 0.408 e. The molecule has 0 heterocycles. The molecule has 0 fully saturated rings. The lowest BCUT2D eigenvalue weighted by molar-refractivity contribution is -0.147. The van der Waals surface area contributed by atoms with E-state index in [2.05, 4.69) is 36.4 Å². The molecule has 2 rings (SSSR count). The van der Waals surface area contributed by atoms with Crippen LogP contribution in [0.15, 0.2) is 54.6 Å². The lowest BCUT2D eigenvalue weighted by atomic mass is 10.0. The molecule has 1 atom stereocenters. The van der Waals surface area contributed by atoms with Crippen molar-refractivity contribution in [1.29, 1.82) is 0 Å². The Balaban J connectivity index is 2.11. The number of hydrogen-bond donors (Lipinski definition) is 1. The van der Waals surface area contributed by atoms with E-state index >= 15 is 0 Å². The molecule has 0 saturated carbocycles. The summed E-state index contributed by atoms with van der Waals surface area (Å²) in [4.78, 5) is 25.1. The lowest BCUT2D eigenvalue weighted by Gasteiger charge is -2.23. The molecule has 1 amide bonds. The SMILES string of the molecule is CC(C)(C)OC(=O)N[C@H](Cc1ccc(C#C[Si](C)(C)C)cc1)C(=O)OCc1ccccc1. The molecular weight excluding hydrogens is 418 g/mol. The minimum atomic E-state index is -1.45. The number of nitrogens with one attached hydrogen (secondary N) is 1. The highest BCUT2D eigenvalue weighted by Gasteiger charge is 2.26. The summed E-state index contributed by atoms with van der Waals surface area (Å²) in [7, 11) is -1.45. The summed E-state index contributed by atoms with van der Waals surface area (Å²) in [5, 5.41) is 2.66. The molecule has 2 aromatic carbocycles. The molecule has 0 saturated heterocycles. The number of carbonyl (C=O) groups excluding carboxylic acids is 2. The van der Waals surface area contributed by atoms with Crippen LogP contribution in [0.2, 0.25) is 19.6 Å². The summed E-state index contributed by atoms with van der Waals surface area (Å²) in [5.41, 5.74) is 5.37. The predicted octanol–water partition coefficient (Wildman–Crippen LogP) is 5.09. The monoisotopic (exact) mass is 451 g/mol. The number of amides is 1. The van der Waals surface area contributed by atoms with Gasteiger partial charge in [-0.05, 0) is 44.0 Å². The largest absolute Gasteiger partial charge is 0.459 e. The molecule has 0 bridgehead atoms. The molecule has 0 aromatic heterocycles. The minimum Gasteiger partial charge on any atom is -0.459 e. The maximum absolute atomic E-state index is 12.8. The van der Waals surface area contributed by atoms with Crippen molar-refractivity contribution in [3.8, 4) is 11.5 Å². The Morgan fingerprint density at radius 2 is 1.59 bits per heavy atom. The van der Waals surface area contributed by atoms with Gasteiger partial charge in [0.05, 0.1) is 0 Å². The highest BCUT2D eigenvalue weighted by Crippen LogP contribution is 2.12. The van der Waals surface area contributed by atoms with Gasteiger partial charge in [0.25, 0.3) is 0 Å². The van der Waals surface area contributed by atoms with Crippen molar-refractivity contribution in [3.63, 3.8) is 0 Å². The molecule has 0 aliphatic carbocycles. The number of benzene rings is 2. The number of carbonyl (C=O) groups is 2. The van der Waals surface area contributed by atoms with E-state index < -0.39 is 31.8 Å². The molecule has 0 unspecified atom stereocenters. The van der Waals surface area contributed by atoms with Crippen LogP contribution in [-0.2, 0) is 27.3 Å². The third-order valence-corrected chi connectivity index (χ3v) is 5.05. The van der Waals surface area contributed by atoms with E-state index in [1.54, 1.807) is 20.8 Å². The molecule has 5 nitrogen and oxygen atoms in total. The van der Waals surface area contributed by atoms with Gasteiger partial charge in [-0.25, -0.2) is 9.59 Å². The zero-order chi connectivity index (χ0) is 23.8. The van der Waals surface area contributed by atoms with Gasteiger partial charge in [-0.3, -0.25) is 0 Å². The molecule has 6 heteroatoms. The van der Waals surface area contributed by atoms with E-state index in [1.165, 1.54) is 0 Å². The van der Waals surface area contributed by atoms with Crippen molar-refractivity contribution in [1.82, 2.24) is 5.32 Å². The Morgan fingerprint density at radius 3 is 2.16 bits per heavy atom. The fraction of sp³-hybridized carbons (Fsp3) is 0.385. The predicted molar refractivity (Wildman–Crippen MR) is 130 cm³/mol. The molecule has 0 aliphatic rings. The van der Waals surface area contributed by atoms with Crippen LogP contribution >= 0.6 is 0 Å². The second kappa shape index (κ2) is 11.0. The Morgan fingerprint density at radius 1 is 0.969 bits per heavy atom. The number of rotatable bonds is 6. The number of esters is 1. The Bertz CT molecular complexity index is 961. The van der Waals surface area contributed by atoms with Gasteiger partial charge < -0.3 is 14.8 Å². The van der Waals surface area contributed by atoms with Crippen molar-refractivity contribution >= 4 is 20.1 Å². The number of alkyl carbamates (subject to hydrolysis) is 1. The van der Waals surface area contributed by atoms with E-state index in [0.29, 0.717) is 0 Å². The van der Waals surface area contributed by atoms with Crippen LogP contribution in [0.4, 0.5) is 4.79 Å². The quantitative estimate of drug-likeness (QED) is 0.377. The van der Waals surface area contributed by atoms with Crippen LogP contribution in [-0.4, -0.2) is 31.8 Å². The van der Waals surface area contributed by atoms with Crippen LogP contribution in [0.3, 0.4) is 0 Å². The lowest BCUT2D eigenvalue weighted by Crippen LogP contribution is -2.45. The Kier molecular flexibility index (Phi) is 8.68. The highest BCUT2D eigenvalue weighted by molar-refractivity contribution is 6.83. The normalized spacial score (nSPS) is 12.2. The van der Waals surface area contributed by atoms with Gasteiger partial charge in [-0.1, -0.05) is 68.0 Å². The molecule has 0 spiro atoms. The summed E-state index contributed by atoms with van der Waals surface area (Å²) in [6.45, 7) is 12.0. The van der Waals surface area contributed by atoms with Crippen molar-refractivity contribution < 1.29 is 19.1 Å².